The SMILES string of the molecule is Nc1c(O)ccc(O)c1-c1ccccc1. The zero-order valence-corrected chi connectivity index (χ0v) is 8.01. The fourth-order valence-corrected chi connectivity index (χ4v) is 1.51. The predicted octanol–water partition coefficient (Wildman–Crippen LogP) is 2.35. The van der Waals surface area contributed by atoms with Crippen LogP contribution in [0.2, 0.25) is 0 Å². The van der Waals surface area contributed by atoms with E-state index in [1.165, 1.54) is 12.1 Å². The van der Waals surface area contributed by atoms with Crippen LogP contribution >= 0.6 is 0 Å². The number of hydrogen-bond acceptors (Lipinski definition) is 3. The Morgan fingerprint density at radius 1 is 0.800 bits per heavy atom. The van der Waals surface area contributed by atoms with Crippen molar-refractivity contribution in [1.29, 1.82) is 0 Å². The first kappa shape index (κ1) is 9.40. The van der Waals surface area contributed by atoms with Gasteiger partial charge in [-0.25, -0.2) is 0 Å². The standard InChI is InChI=1S/C12H11NO2/c13-12-10(15)7-6-9(14)11(12)8-4-2-1-3-5-8/h1-7,14-15H,13H2. The molecule has 2 aromatic rings. The van der Waals surface area contributed by atoms with Crippen molar-refractivity contribution >= 4 is 5.69 Å². The molecule has 0 heterocycles. The molecule has 76 valence electrons. The van der Waals surface area contributed by atoms with Crippen LogP contribution in [0.1, 0.15) is 0 Å². The fourth-order valence-electron chi connectivity index (χ4n) is 1.51. The minimum atomic E-state index is -0.0216. The first-order valence-electron chi connectivity index (χ1n) is 4.56. The van der Waals surface area contributed by atoms with Gasteiger partial charge >= 0.3 is 0 Å². The largest absolute Gasteiger partial charge is 0.507 e. The maximum absolute atomic E-state index is 9.68. The van der Waals surface area contributed by atoms with Gasteiger partial charge in [-0.05, 0) is 17.7 Å². The molecule has 2 aromatic carbocycles. The Morgan fingerprint density at radius 3 is 2.07 bits per heavy atom. The molecule has 0 unspecified atom stereocenters. The van der Waals surface area contributed by atoms with Crippen LogP contribution < -0.4 is 5.73 Å². The molecule has 2 rings (SSSR count). The molecule has 0 fully saturated rings. The van der Waals surface area contributed by atoms with E-state index in [0.717, 1.165) is 5.56 Å². The summed E-state index contributed by atoms with van der Waals surface area (Å²) in [7, 11) is 0. The molecule has 0 amide bonds. The van der Waals surface area contributed by atoms with Gasteiger partial charge in [0.25, 0.3) is 0 Å². The second-order valence-electron chi connectivity index (χ2n) is 3.26. The molecule has 3 nitrogen and oxygen atoms in total. The number of phenols is 2. The van der Waals surface area contributed by atoms with E-state index < -0.39 is 0 Å². The highest BCUT2D eigenvalue weighted by molar-refractivity contribution is 5.85. The summed E-state index contributed by atoms with van der Waals surface area (Å²) in [6, 6.07) is 12.0. The van der Waals surface area contributed by atoms with Gasteiger partial charge in [-0.15, -0.1) is 0 Å². The Hall–Kier alpha value is -2.16. The molecule has 0 aliphatic rings. The van der Waals surface area contributed by atoms with Crippen molar-refractivity contribution < 1.29 is 10.2 Å². The van der Waals surface area contributed by atoms with Gasteiger partial charge in [-0.3, -0.25) is 0 Å². The number of benzene rings is 2. The number of nitrogen functional groups attached to an aromatic ring is 1. The van der Waals surface area contributed by atoms with Gasteiger partial charge < -0.3 is 15.9 Å². The van der Waals surface area contributed by atoms with Crippen LogP contribution in [0.3, 0.4) is 0 Å². The maximum Gasteiger partial charge on any atom is 0.139 e. The maximum atomic E-state index is 9.68. The Labute approximate surface area is 87.4 Å². The van der Waals surface area contributed by atoms with E-state index in [0.29, 0.717) is 5.56 Å². The lowest BCUT2D eigenvalue weighted by atomic mass is 10.0. The van der Waals surface area contributed by atoms with E-state index in [9.17, 15) is 10.2 Å². The van der Waals surface area contributed by atoms with E-state index in [4.69, 9.17) is 5.73 Å². The molecule has 0 aromatic heterocycles. The Kier molecular flexibility index (Phi) is 2.21. The normalized spacial score (nSPS) is 10.1. The summed E-state index contributed by atoms with van der Waals surface area (Å²) in [5.74, 6) is 0.0446. The first-order valence-corrected chi connectivity index (χ1v) is 4.56. The van der Waals surface area contributed by atoms with Crippen LogP contribution in [0, 0.1) is 0 Å². The van der Waals surface area contributed by atoms with Crippen molar-refractivity contribution in [2.24, 2.45) is 0 Å². The summed E-state index contributed by atoms with van der Waals surface area (Å²) >= 11 is 0. The van der Waals surface area contributed by atoms with Gasteiger partial charge in [0.1, 0.15) is 11.5 Å². The molecule has 0 atom stereocenters. The van der Waals surface area contributed by atoms with Gasteiger partial charge in [0, 0.05) is 0 Å². The number of hydrogen-bond donors (Lipinski definition) is 3. The number of anilines is 1. The van der Waals surface area contributed by atoms with E-state index in [1.54, 1.807) is 0 Å². The second kappa shape index (κ2) is 3.53. The molecule has 4 N–H and O–H groups in total. The minimum Gasteiger partial charge on any atom is -0.507 e. The molecule has 0 aliphatic heterocycles. The Morgan fingerprint density at radius 2 is 1.40 bits per heavy atom. The van der Waals surface area contributed by atoms with Gasteiger partial charge in [0.05, 0.1) is 11.3 Å². The predicted molar refractivity (Wildman–Crippen MR) is 59.6 cm³/mol. The number of aromatic hydroxyl groups is 2. The van der Waals surface area contributed by atoms with Crippen molar-refractivity contribution in [3.63, 3.8) is 0 Å². The summed E-state index contributed by atoms with van der Waals surface area (Å²) in [6.45, 7) is 0. The molecule has 0 saturated carbocycles. The average molecular weight is 201 g/mol. The summed E-state index contributed by atoms with van der Waals surface area (Å²) in [6.07, 6.45) is 0. The van der Waals surface area contributed by atoms with Crippen LogP contribution in [0.25, 0.3) is 11.1 Å². The third-order valence-electron chi connectivity index (χ3n) is 2.26. The highest BCUT2D eigenvalue weighted by Gasteiger charge is 2.11. The highest BCUT2D eigenvalue weighted by atomic mass is 16.3. The summed E-state index contributed by atoms with van der Waals surface area (Å²) in [4.78, 5) is 0. The van der Waals surface area contributed by atoms with Gasteiger partial charge in [0.15, 0.2) is 0 Å². The quantitative estimate of drug-likeness (QED) is 0.377. The second-order valence-corrected chi connectivity index (χ2v) is 3.26. The molecule has 0 spiro atoms. The monoisotopic (exact) mass is 201 g/mol. The number of phenolic OH excluding ortho intramolecular Hbond substituents is 2. The molecular formula is C12H11NO2. The third kappa shape index (κ3) is 1.59. The summed E-state index contributed by atoms with van der Waals surface area (Å²) in [5, 5.41) is 19.1. The van der Waals surface area contributed by atoms with Crippen molar-refractivity contribution in [3.8, 4) is 22.6 Å². The smallest absolute Gasteiger partial charge is 0.139 e. The van der Waals surface area contributed by atoms with Crippen LogP contribution in [-0.2, 0) is 0 Å². The third-order valence-corrected chi connectivity index (χ3v) is 2.26. The van der Waals surface area contributed by atoms with Crippen LogP contribution in [0.15, 0.2) is 42.5 Å². The molecular weight excluding hydrogens is 190 g/mol. The lowest BCUT2D eigenvalue weighted by molar-refractivity contribution is 0.464. The average Bonchev–Trinajstić information content (AvgIpc) is 2.26. The van der Waals surface area contributed by atoms with Crippen molar-refractivity contribution in [2.45, 2.75) is 0 Å². The molecule has 15 heavy (non-hydrogen) atoms. The lowest BCUT2D eigenvalue weighted by Gasteiger charge is -2.09. The minimum absolute atomic E-state index is 0.0216. The number of nitrogens with two attached hydrogens (primary N) is 1. The van der Waals surface area contributed by atoms with Crippen molar-refractivity contribution in [3.05, 3.63) is 42.5 Å². The molecule has 0 bridgehead atoms. The van der Waals surface area contributed by atoms with Gasteiger partial charge in [0.2, 0.25) is 0 Å². The zero-order chi connectivity index (χ0) is 10.8. The van der Waals surface area contributed by atoms with Crippen LogP contribution in [-0.4, -0.2) is 10.2 Å². The summed E-state index contributed by atoms with van der Waals surface area (Å²) < 4.78 is 0. The molecule has 3 heteroatoms. The summed E-state index contributed by atoms with van der Waals surface area (Å²) in [5.41, 5.74) is 7.15. The fraction of sp³-hybridized carbons (Fsp3) is 0. The Bertz CT molecular complexity index is 480. The molecule has 0 aliphatic carbocycles. The van der Waals surface area contributed by atoms with Gasteiger partial charge in [-0.2, -0.15) is 0 Å². The van der Waals surface area contributed by atoms with Crippen molar-refractivity contribution in [2.75, 3.05) is 5.73 Å². The van der Waals surface area contributed by atoms with E-state index >= 15 is 0 Å². The van der Waals surface area contributed by atoms with E-state index in [1.807, 2.05) is 30.3 Å². The van der Waals surface area contributed by atoms with Crippen LogP contribution in [0.4, 0.5) is 5.69 Å². The zero-order valence-electron chi connectivity index (χ0n) is 8.01. The lowest BCUT2D eigenvalue weighted by Crippen LogP contribution is -1.91. The van der Waals surface area contributed by atoms with E-state index in [-0.39, 0.29) is 17.2 Å². The van der Waals surface area contributed by atoms with Crippen molar-refractivity contribution in [1.82, 2.24) is 0 Å². The van der Waals surface area contributed by atoms with Crippen LogP contribution in [0.5, 0.6) is 11.5 Å². The van der Waals surface area contributed by atoms with E-state index in [2.05, 4.69) is 0 Å². The number of rotatable bonds is 1. The van der Waals surface area contributed by atoms with Gasteiger partial charge in [-0.1, -0.05) is 30.3 Å². The highest BCUT2D eigenvalue weighted by Crippen LogP contribution is 2.39. The molecule has 0 saturated heterocycles. The first-order chi connectivity index (χ1) is 7.20. The molecule has 0 radical (unpaired) electrons. The Balaban J connectivity index is 2.68. The topological polar surface area (TPSA) is 66.5 Å².